The van der Waals surface area contributed by atoms with Crippen molar-refractivity contribution in [1.29, 1.82) is 0 Å². The Kier molecular flexibility index (Phi) is 6.00. The standard InChI is InChI=1S/C51H35N5/c1-30-11-9-20-47-48(30)40-28-32(31-21-24-44-38(27-31)35-14-5-8-19-43(35)54(44)33-12-3-2-4-13-33)22-25-46(40)55(47)34-23-26-45-39(29-34)36-15-10-16-37-49-51(56(45)50(36)37)53-42-18-7-6-17-41(42)52-49/h2-10,12-30,49,52H,11H2,1H3/p+1. The molecule has 0 saturated heterocycles. The third-order valence-electron chi connectivity index (χ3n) is 12.7. The average molecular weight is 719 g/mol. The van der Waals surface area contributed by atoms with Crippen LogP contribution >= 0.6 is 0 Å². The van der Waals surface area contributed by atoms with Crippen LogP contribution in [-0.2, 0) is 0 Å². The fraction of sp³-hybridized carbons (Fsp3) is 0.0784. The van der Waals surface area contributed by atoms with Crippen LogP contribution in [0.15, 0.2) is 163 Å². The van der Waals surface area contributed by atoms with Crippen molar-refractivity contribution in [2.45, 2.75) is 25.3 Å². The number of para-hydroxylation sites is 5. The summed E-state index contributed by atoms with van der Waals surface area (Å²) >= 11 is 0. The molecule has 2 aliphatic heterocycles. The first-order valence-corrected chi connectivity index (χ1v) is 19.7. The van der Waals surface area contributed by atoms with Gasteiger partial charge in [0.15, 0.2) is 17.6 Å². The van der Waals surface area contributed by atoms with E-state index in [4.69, 9.17) is 4.99 Å². The number of benzene rings is 7. The summed E-state index contributed by atoms with van der Waals surface area (Å²) in [4.78, 5) is 5.26. The Labute approximate surface area is 323 Å². The molecular formula is C51H36N5+. The Morgan fingerprint density at radius 1 is 0.554 bits per heavy atom. The number of hydrogen-bond acceptors (Lipinski definition) is 1. The lowest BCUT2D eigenvalue weighted by atomic mass is 9.90. The highest BCUT2D eigenvalue weighted by atomic mass is 15.2. The predicted octanol–water partition coefficient (Wildman–Crippen LogP) is 11.9. The molecule has 2 atom stereocenters. The van der Waals surface area contributed by atoms with E-state index in [1.165, 1.54) is 99.5 Å². The number of nitrogens with two attached hydrogens (primary N) is 1. The minimum atomic E-state index is 0.164. The van der Waals surface area contributed by atoms with Crippen LogP contribution < -0.4 is 5.32 Å². The van der Waals surface area contributed by atoms with E-state index in [0.29, 0.717) is 5.92 Å². The molecule has 264 valence electrons. The van der Waals surface area contributed by atoms with E-state index in [0.717, 1.165) is 17.9 Å². The maximum Gasteiger partial charge on any atom is 0.178 e. The van der Waals surface area contributed by atoms with Crippen molar-refractivity contribution in [1.82, 2.24) is 13.7 Å². The van der Waals surface area contributed by atoms with E-state index in [-0.39, 0.29) is 6.04 Å². The molecule has 3 aromatic heterocycles. The van der Waals surface area contributed by atoms with Crippen molar-refractivity contribution >= 4 is 77.8 Å². The van der Waals surface area contributed by atoms with Gasteiger partial charge in [-0.1, -0.05) is 91.9 Å². The maximum absolute atomic E-state index is 5.26. The Balaban J connectivity index is 0.987. The lowest BCUT2D eigenvalue weighted by molar-refractivity contribution is -0.599. The Morgan fingerprint density at radius 3 is 2.14 bits per heavy atom. The molecule has 7 aromatic carbocycles. The van der Waals surface area contributed by atoms with Crippen LogP contribution in [0.1, 0.15) is 42.1 Å². The lowest BCUT2D eigenvalue weighted by Gasteiger charge is -2.19. The quantitative estimate of drug-likeness (QED) is 0.177. The van der Waals surface area contributed by atoms with E-state index >= 15 is 0 Å². The molecule has 13 rings (SSSR count). The van der Waals surface area contributed by atoms with Gasteiger partial charge in [0, 0.05) is 55.6 Å². The topological polar surface area (TPSA) is 43.8 Å². The maximum atomic E-state index is 5.26. The van der Waals surface area contributed by atoms with E-state index in [1.54, 1.807) is 0 Å². The fourth-order valence-electron chi connectivity index (χ4n) is 10.3. The first kappa shape index (κ1) is 30.4. The summed E-state index contributed by atoms with van der Waals surface area (Å²) in [7, 11) is 0. The minimum Gasteiger partial charge on any atom is -0.310 e. The fourth-order valence-corrected chi connectivity index (χ4v) is 10.3. The monoisotopic (exact) mass is 718 g/mol. The number of aromatic nitrogens is 3. The SMILES string of the molecule is CC1CC=Cc2c1c1cc(-c3ccc4c(c3)c3ccccc3n4-c3ccccc3)ccc1n2-c1ccc2c(c1)c1cccc3c1n2C1=Nc2ccccc2[NH2+]C13. The molecular weight excluding hydrogens is 683 g/mol. The molecule has 0 amide bonds. The van der Waals surface area contributed by atoms with Crippen LogP contribution in [0, 0.1) is 0 Å². The molecule has 0 saturated carbocycles. The molecule has 5 heterocycles. The molecule has 1 aliphatic carbocycles. The zero-order valence-electron chi connectivity index (χ0n) is 30.8. The summed E-state index contributed by atoms with van der Waals surface area (Å²) in [5.41, 5.74) is 17.4. The summed E-state index contributed by atoms with van der Waals surface area (Å²) < 4.78 is 7.31. The average Bonchev–Trinajstić information content (AvgIpc) is 3.97. The molecule has 0 spiro atoms. The number of fused-ring (bicyclic) bond motifs is 13. The molecule has 5 nitrogen and oxygen atoms in total. The van der Waals surface area contributed by atoms with Gasteiger partial charge < -0.3 is 9.13 Å². The van der Waals surface area contributed by atoms with Gasteiger partial charge in [0.1, 0.15) is 5.69 Å². The van der Waals surface area contributed by atoms with Gasteiger partial charge >= 0.3 is 0 Å². The minimum absolute atomic E-state index is 0.164. The Bertz CT molecular complexity index is 3390. The number of rotatable bonds is 3. The second-order valence-corrected chi connectivity index (χ2v) is 15.8. The van der Waals surface area contributed by atoms with Crippen molar-refractivity contribution in [3.05, 3.63) is 175 Å². The number of nitrogens with zero attached hydrogens (tertiary/aromatic N) is 4. The summed E-state index contributed by atoms with van der Waals surface area (Å²) in [6.07, 6.45) is 5.74. The van der Waals surface area contributed by atoms with Crippen molar-refractivity contribution in [2.24, 2.45) is 4.99 Å². The third-order valence-corrected chi connectivity index (χ3v) is 12.7. The summed E-state index contributed by atoms with van der Waals surface area (Å²) in [5, 5.41) is 8.82. The molecule has 3 aliphatic rings. The van der Waals surface area contributed by atoms with Crippen molar-refractivity contribution in [3.8, 4) is 22.5 Å². The second kappa shape index (κ2) is 11.1. The van der Waals surface area contributed by atoms with Gasteiger partial charge in [-0.3, -0.25) is 9.88 Å². The van der Waals surface area contributed by atoms with Crippen LogP contribution in [0.5, 0.6) is 0 Å². The zero-order valence-corrected chi connectivity index (χ0v) is 30.8. The molecule has 0 bridgehead atoms. The molecule has 2 unspecified atom stereocenters. The zero-order chi connectivity index (χ0) is 36.6. The van der Waals surface area contributed by atoms with E-state index < -0.39 is 0 Å². The summed E-state index contributed by atoms with van der Waals surface area (Å²) in [6, 6.07) is 56.1. The van der Waals surface area contributed by atoms with E-state index in [1.807, 2.05) is 0 Å². The first-order chi connectivity index (χ1) is 27.7. The summed E-state index contributed by atoms with van der Waals surface area (Å²) in [6.45, 7) is 2.38. The highest BCUT2D eigenvalue weighted by Crippen LogP contribution is 2.45. The van der Waals surface area contributed by atoms with Crippen molar-refractivity contribution < 1.29 is 5.32 Å². The lowest BCUT2D eigenvalue weighted by Crippen LogP contribution is -2.81. The first-order valence-electron chi connectivity index (χ1n) is 19.7. The molecule has 2 N–H and O–H groups in total. The van der Waals surface area contributed by atoms with Gasteiger partial charge in [-0.25, -0.2) is 4.99 Å². The van der Waals surface area contributed by atoms with Crippen LogP contribution in [0.4, 0.5) is 11.4 Å². The van der Waals surface area contributed by atoms with Crippen molar-refractivity contribution in [2.75, 3.05) is 0 Å². The van der Waals surface area contributed by atoms with Crippen LogP contribution in [-0.4, -0.2) is 19.5 Å². The summed E-state index contributed by atoms with van der Waals surface area (Å²) in [5.74, 6) is 1.52. The van der Waals surface area contributed by atoms with Gasteiger partial charge in [0.05, 0.1) is 27.6 Å². The van der Waals surface area contributed by atoms with Gasteiger partial charge in [-0.05, 0) is 102 Å². The van der Waals surface area contributed by atoms with E-state index in [9.17, 15) is 0 Å². The Hall–Kier alpha value is -6.95. The number of aliphatic imine (C=N–C) groups is 1. The number of hydrogen-bond donors (Lipinski definition) is 1. The highest BCUT2D eigenvalue weighted by Gasteiger charge is 2.39. The highest BCUT2D eigenvalue weighted by molar-refractivity contribution is 6.20. The van der Waals surface area contributed by atoms with Crippen LogP contribution in [0.3, 0.4) is 0 Å². The smallest absolute Gasteiger partial charge is 0.178 e. The molecule has 56 heavy (non-hydrogen) atoms. The second-order valence-electron chi connectivity index (χ2n) is 15.8. The molecule has 0 radical (unpaired) electrons. The molecule has 0 fully saturated rings. The van der Waals surface area contributed by atoms with Crippen LogP contribution in [0.25, 0.3) is 83.1 Å². The van der Waals surface area contributed by atoms with Gasteiger partial charge in [0.25, 0.3) is 0 Å². The van der Waals surface area contributed by atoms with E-state index in [2.05, 4.69) is 190 Å². The van der Waals surface area contributed by atoms with Gasteiger partial charge in [-0.2, -0.15) is 0 Å². The number of allylic oxidation sites excluding steroid dienone is 1. The third kappa shape index (κ3) is 3.99. The predicted molar refractivity (Wildman–Crippen MR) is 231 cm³/mol. The molecule has 10 aromatic rings. The molecule has 5 heteroatoms. The van der Waals surface area contributed by atoms with Gasteiger partial charge in [0.2, 0.25) is 0 Å². The largest absolute Gasteiger partial charge is 0.310 e. The number of quaternary nitrogens is 1. The van der Waals surface area contributed by atoms with Crippen LogP contribution in [0.2, 0.25) is 0 Å². The van der Waals surface area contributed by atoms with Crippen molar-refractivity contribution in [3.63, 3.8) is 0 Å². The van der Waals surface area contributed by atoms with Gasteiger partial charge in [-0.15, -0.1) is 0 Å². The Morgan fingerprint density at radius 2 is 1.25 bits per heavy atom. The normalized spacial score (nSPS) is 16.9.